The second-order valence-corrected chi connectivity index (χ2v) is 6.80. The van der Waals surface area contributed by atoms with Crippen molar-refractivity contribution < 1.29 is 4.79 Å². The molecule has 0 saturated heterocycles. The van der Waals surface area contributed by atoms with E-state index in [-0.39, 0.29) is 5.91 Å². The molecule has 2 aliphatic rings. The highest BCUT2D eigenvalue weighted by Crippen LogP contribution is 2.31. The smallest absolute Gasteiger partial charge is 0.258 e. The summed E-state index contributed by atoms with van der Waals surface area (Å²) in [6, 6.07) is 5.25. The average molecular weight is 357 g/mol. The van der Waals surface area contributed by atoms with Crippen LogP contribution in [0, 0.1) is 0 Å². The minimum absolute atomic E-state index is 0.0382. The molecule has 3 rings (SSSR count). The summed E-state index contributed by atoms with van der Waals surface area (Å²) in [6.07, 6.45) is 0. The number of hydrogen-bond acceptors (Lipinski definition) is 5. The first-order valence-electron chi connectivity index (χ1n) is 6.70. The maximum Gasteiger partial charge on any atom is 0.258 e. The number of halogens is 2. The SMILES string of the molecule is CN1CC(C(=O)N2CCN=C2Nc2c(Cl)cccc2Cl)=CS1. The van der Waals surface area contributed by atoms with Gasteiger partial charge in [-0.25, -0.2) is 4.31 Å². The van der Waals surface area contributed by atoms with Crippen LogP contribution in [0.5, 0.6) is 0 Å². The van der Waals surface area contributed by atoms with Crippen molar-refractivity contribution in [1.29, 1.82) is 0 Å². The van der Waals surface area contributed by atoms with Gasteiger partial charge in [0.15, 0.2) is 0 Å². The number of rotatable bonds is 2. The molecule has 116 valence electrons. The standard InChI is InChI=1S/C14H14Cl2N4OS/c1-19-7-9(8-22-19)13(21)20-6-5-17-14(20)18-12-10(15)3-2-4-11(12)16/h2-4,8H,5-7H2,1H3,(H,17,18). The molecule has 1 aromatic rings. The Bertz CT molecular complexity index is 657. The number of benzene rings is 1. The summed E-state index contributed by atoms with van der Waals surface area (Å²) in [5, 5.41) is 5.94. The number of likely N-dealkylation sites (N-methyl/N-ethyl adjacent to an activating group) is 1. The molecule has 0 aromatic heterocycles. The zero-order chi connectivity index (χ0) is 15.7. The molecular weight excluding hydrogens is 343 g/mol. The lowest BCUT2D eigenvalue weighted by Gasteiger charge is -2.21. The Kier molecular flexibility index (Phi) is 4.63. The third-order valence-corrected chi connectivity index (χ3v) is 4.84. The van der Waals surface area contributed by atoms with Crippen LogP contribution >= 0.6 is 35.1 Å². The van der Waals surface area contributed by atoms with Gasteiger partial charge in [0.25, 0.3) is 5.91 Å². The van der Waals surface area contributed by atoms with E-state index in [0.29, 0.717) is 41.3 Å². The van der Waals surface area contributed by atoms with E-state index in [1.54, 1.807) is 23.1 Å². The summed E-state index contributed by atoms with van der Waals surface area (Å²) in [5.74, 6) is 0.448. The van der Waals surface area contributed by atoms with E-state index in [9.17, 15) is 4.79 Å². The molecule has 0 aliphatic carbocycles. The molecule has 1 N–H and O–H groups in total. The molecule has 0 bridgehead atoms. The van der Waals surface area contributed by atoms with Gasteiger partial charge in [0, 0.05) is 18.7 Å². The highest BCUT2D eigenvalue weighted by molar-refractivity contribution is 8.00. The Morgan fingerprint density at radius 3 is 2.73 bits per heavy atom. The Hall–Kier alpha value is -1.21. The molecule has 2 heterocycles. The van der Waals surface area contributed by atoms with Crippen LogP contribution in [-0.4, -0.2) is 47.8 Å². The predicted molar refractivity (Wildman–Crippen MR) is 92.4 cm³/mol. The largest absolute Gasteiger partial charge is 0.323 e. The molecule has 5 nitrogen and oxygen atoms in total. The molecule has 8 heteroatoms. The van der Waals surface area contributed by atoms with E-state index in [1.165, 1.54) is 11.9 Å². The van der Waals surface area contributed by atoms with E-state index in [1.807, 2.05) is 16.8 Å². The maximum absolute atomic E-state index is 12.6. The van der Waals surface area contributed by atoms with E-state index in [2.05, 4.69) is 10.3 Å². The molecule has 0 unspecified atom stereocenters. The number of nitrogens with zero attached hydrogens (tertiary/aromatic N) is 3. The highest BCUT2D eigenvalue weighted by atomic mass is 35.5. The number of carbonyl (C=O) groups excluding carboxylic acids is 1. The summed E-state index contributed by atoms with van der Waals surface area (Å²) in [7, 11) is 1.95. The summed E-state index contributed by atoms with van der Waals surface area (Å²) in [5.41, 5.74) is 1.32. The van der Waals surface area contributed by atoms with E-state index >= 15 is 0 Å². The number of anilines is 1. The van der Waals surface area contributed by atoms with Crippen molar-refractivity contribution in [3.05, 3.63) is 39.2 Å². The van der Waals surface area contributed by atoms with Crippen LogP contribution in [0.15, 0.2) is 34.2 Å². The monoisotopic (exact) mass is 356 g/mol. The number of para-hydroxylation sites is 1. The highest BCUT2D eigenvalue weighted by Gasteiger charge is 2.29. The molecule has 2 aliphatic heterocycles. The third-order valence-electron chi connectivity index (χ3n) is 3.33. The number of aliphatic imine (C=N–C) groups is 1. The van der Waals surface area contributed by atoms with Crippen molar-refractivity contribution in [3.8, 4) is 0 Å². The quantitative estimate of drug-likeness (QED) is 0.827. The first-order chi connectivity index (χ1) is 10.6. The van der Waals surface area contributed by atoms with Gasteiger partial charge in [0.2, 0.25) is 5.96 Å². The average Bonchev–Trinajstić information content (AvgIpc) is 3.11. The second-order valence-electron chi connectivity index (χ2n) is 4.92. The van der Waals surface area contributed by atoms with Gasteiger partial charge in [0.05, 0.1) is 22.3 Å². The summed E-state index contributed by atoms with van der Waals surface area (Å²) < 4.78 is 2.00. The fourth-order valence-electron chi connectivity index (χ4n) is 2.24. The lowest BCUT2D eigenvalue weighted by molar-refractivity contribution is -0.123. The van der Waals surface area contributed by atoms with Crippen molar-refractivity contribution in [1.82, 2.24) is 9.21 Å². The zero-order valence-corrected chi connectivity index (χ0v) is 14.2. The van der Waals surface area contributed by atoms with Crippen LogP contribution in [0.1, 0.15) is 0 Å². The Morgan fingerprint density at radius 1 is 1.36 bits per heavy atom. The number of nitrogens with one attached hydrogen (secondary N) is 1. The lowest BCUT2D eigenvalue weighted by atomic mass is 10.2. The molecule has 0 radical (unpaired) electrons. The van der Waals surface area contributed by atoms with Gasteiger partial charge in [-0.2, -0.15) is 0 Å². The molecular formula is C14H14Cl2N4OS. The summed E-state index contributed by atoms with van der Waals surface area (Å²) >= 11 is 13.8. The molecule has 1 aromatic carbocycles. The summed E-state index contributed by atoms with van der Waals surface area (Å²) in [6.45, 7) is 1.74. The Labute approximate surface area is 143 Å². The number of guanidine groups is 1. The molecule has 22 heavy (non-hydrogen) atoms. The minimum atomic E-state index is -0.0382. The first-order valence-corrected chi connectivity index (χ1v) is 8.30. The predicted octanol–water partition coefficient (Wildman–Crippen LogP) is 3.08. The molecule has 1 amide bonds. The number of carbonyl (C=O) groups is 1. The van der Waals surface area contributed by atoms with Crippen molar-refractivity contribution in [2.45, 2.75) is 0 Å². The van der Waals surface area contributed by atoms with Gasteiger partial charge in [-0.05, 0) is 36.5 Å². The van der Waals surface area contributed by atoms with Crippen LogP contribution in [0.4, 0.5) is 5.69 Å². The van der Waals surface area contributed by atoms with Gasteiger partial charge in [0.1, 0.15) is 0 Å². The first kappa shape index (κ1) is 15.7. The van der Waals surface area contributed by atoms with E-state index < -0.39 is 0 Å². The van der Waals surface area contributed by atoms with Crippen LogP contribution in [0.2, 0.25) is 10.0 Å². The fourth-order valence-corrected chi connectivity index (χ4v) is 3.43. The van der Waals surface area contributed by atoms with Gasteiger partial charge < -0.3 is 5.32 Å². The maximum atomic E-state index is 12.6. The van der Waals surface area contributed by atoms with Crippen LogP contribution < -0.4 is 5.32 Å². The van der Waals surface area contributed by atoms with Gasteiger partial charge >= 0.3 is 0 Å². The fraction of sp³-hybridized carbons (Fsp3) is 0.286. The van der Waals surface area contributed by atoms with Crippen molar-refractivity contribution in [3.63, 3.8) is 0 Å². The Balaban J connectivity index is 1.78. The van der Waals surface area contributed by atoms with Crippen molar-refractivity contribution in [2.24, 2.45) is 4.99 Å². The third kappa shape index (κ3) is 3.10. The summed E-state index contributed by atoms with van der Waals surface area (Å²) in [4.78, 5) is 18.6. The molecule has 0 spiro atoms. The minimum Gasteiger partial charge on any atom is -0.323 e. The second kappa shape index (κ2) is 6.50. The zero-order valence-electron chi connectivity index (χ0n) is 11.8. The topological polar surface area (TPSA) is 47.9 Å². The van der Waals surface area contributed by atoms with Crippen molar-refractivity contribution >= 4 is 52.7 Å². The van der Waals surface area contributed by atoms with E-state index in [0.717, 1.165) is 5.57 Å². The van der Waals surface area contributed by atoms with Crippen LogP contribution in [-0.2, 0) is 4.79 Å². The van der Waals surface area contributed by atoms with Gasteiger partial charge in [-0.1, -0.05) is 29.3 Å². The molecule has 0 atom stereocenters. The Morgan fingerprint density at radius 2 is 2.09 bits per heavy atom. The van der Waals surface area contributed by atoms with E-state index in [4.69, 9.17) is 23.2 Å². The number of hydrogen-bond donors (Lipinski definition) is 1. The lowest BCUT2D eigenvalue weighted by Crippen LogP contribution is -2.40. The molecule has 0 fully saturated rings. The van der Waals surface area contributed by atoms with Crippen LogP contribution in [0.3, 0.4) is 0 Å². The van der Waals surface area contributed by atoms with Gasteiger partial charge in [-0.3, -0.25) is 14.7 Å². The molecule has 0 saturated carbocycles. The number of amides is 1. The van der Waals surface area contributed by atoms with Crippen LogP contribution in [0.25, 0.3) is 0 Å². The van der Waals surface area contributed by atoms with Crippen molar-refractivity contribution in [2.75, 3.05) is 32.0 Å². The normalized spacial score (nSPS) is 18.4. The van der Waals surface area contributed by atoms with Gasteiger partial charge in [-0.15, -0.1) is 0 Å².